The summed E-state index contributed by atoms with van der Waals surface area (Å²) >= 11 is 3.89. The second-order valence-electron chi connectivity index (χ2n) is 3.02. The lowest BCUT2D eigenvalue weighted by molar-refractivity contribution is 0.896. The third kappa shape index (κ3) is 2.63. The monoisotopic (exact) mass is 332 g/mol. The summed E-state index contributed by atoms with van der Waals surface area (Å²) in [6.45, 7) is 0.831. The Morgan fingerprint density at radius 2 is 2.27 bits per heavy atom. The molecule has 4 nitrogen and oxygen atoms in total. The van der Waals surface area contributed by atoms with E-state index in [2.05, 4.69) is 42.4 Å². The van der Waals surface area contributed by atoms with E-state index in [1.54, 1.807) is 17.7 Å². The molecule has 2 aromatic rings. The normalized spacial score (nSPS) is 10.3. The minimum Gasteiger partial charge on any atom is -0.353 e. The standard InChI is InChI=1S/C9H9IN4S/c1-14(4-7-2-12-6-15-7)9-8(10)3-11-5-13-9/h2-3,5-6H,4H2,1H3. The van der Waals surface area contributed by atoms with Crippen LogP contribution >= 0.6 is 33.9 Å². The van der Waals surface area contributed by atoms with Gasteiger partial charge in [-0.25, -0.2) is 9.97 Å². The van der Waals surface area contributed by atoms with Crippen LogP contribution in [0.5, 0.6) is 0 Å². The van der Waals surface area contributed by atoms with Crippen LogP contribution in [0.1, 0.15) is 4.88 Å². The van der Waals surface area contributed by atoms with E-state index >= 15 is 0 Å². The minimum absolute atomic E-state index is 0.831. The zero-order chi connectivity index (χ0) is 10.7. The second kappa shape index (κ2) is 4.84. The van der Waals surface area contributed by atoms with Crippen molar-refractivity contribution in [3.8, 4) is 0 Å². The molecular weight excluding hydrogens is 323 g/mol. The molecule has 0 aliphatic rings. The average Bonchev–Trinajstić information content (AvgIpc) is 2.71. The third-order valence-electron chi connectivity index (χ3n) is 1.89. The van der Waals surface area contributed by atoms with Crippen molar-refractivity contribution in [3.63, 3.8) is 0 Å². The number of hydrogen-bond acceptors (Lipinski definition) is 5. The first-order chi connectivity index (χ1) is 7.27. The van der Waals surface area contributed by atoms with Crippen molar-refractivity contribution in [2.75, 3.05) is 11.9 Å². The molecule has 6 heteroatoms. The van der Waals surface area contributed by atoms with Gasteiger partial charge in [-0.1, -0.05) is 0 Å². The molecule has 0 amide bonds. The number of thiazole rings is 1. The molecule has 0 unspecified atom stereocenters. The van der Waals surface area contributed by atoms with E-state index < -0.39 is 0 Å². The van der Waals surface area contributed by atoms with Gasteiger partial charge in [0.25, 0.3) is 0 Å². The highest BCUT2D eigenvalue weighted by molar-refractivity contribution is 14.1. The molecule has 0 fully saturated rings. The predicted octanol–water partition coefficient (Wildman–Crippen LogP) is 2.17. The lowest BCUT2D eigenvalue weighted by Crippen LogP contribution is -2.18. The van der Waals surface area contributed by atoms with Gasteiger partial charge in [0.15, 0.2) is 0 Å². The summed E-state index contributed by atoms with van der Waals surface area (Å²) in [5, 5.41) is 0. The molecule has 0 saturated carbocycles. The fourth-order valence-corrected chi connectivity index (χ4v) is 2.57. The Bertz CT molecular complexity index is 431. The molecule has 0 N–H and O–H groups in total. The van der Waals surface area contributed by atoms with Gasteiger partial charge in [0.2, 0.25) is 0 Å². The first-order valence-corrected chi connectivity index (χ1v) is 6.27. The lowest BCUT2D eigenvalue weighted by Gasteiger charge is -2.17. The van der Waals surface area contributed by atoms with Crippen LogP contribution < -0.4 is 4.90 Å². The van der Waals surface area contributed by atoms with Crippen LogP contribution in [-0.4, -0.2) is 22.0 Å². The first-order valence-electron chi connectivity index (χ1n) is 4.31. The van der Waals surface area contributed by atoms with Crippen molar-refractivity contribution in [2.24, 2.45) is 0 Å². The van der Waals surface area contributed by atoms with Gasteiger partial charge in [-0.05, 0) is 22.6 Å². The van der Waals surface area contributed by atoms with Gasteiger partial charge < -0.3 is 4.90 Å². The Hall–Kier alpha value is -0.760. The van der Waals surface area contributed by atoms with Gasteiger partial charge in [0.05, 0.1) is 15.6 Å². The summed E-state index contributed by atoms with van der Waals surface area (Å²) in [5.74, 6) is 0.957. The van der Waals surface area contributed by atoms with E-state index in [1.165, 1.54) is 4.88 Å². The Kier molecular flexibility index (Phi) is 3.47. The smallest absolute Gasteiger partial charge is 0.145 e. The van der Waals surface area contributed by atoms with Crippen LogP contribution in [0.2, 0.25) is 0 Å². The van der Waals surface area contributed by atoms with Gasteiger partial charge in [-0.3, -0.25) is 4.98 Å². The molecule has 0 aromatic carbocycles. The summed E-state index contributed by atoms with van der Waals surface area (Å²) in [6, 6.07) is 0. The van der Waals surface area contributed by atoms with Crippen LogP contribution in [-0.2, 0) is 6.54 Å². The molecule has 2 aromatic heterocycles. The number of anilines is 1. The van der Waals surface area contributed by atoms with E-state index in [9.17, 15) is 0 Å². The molecule has 0 atom stereocenters. The molecule has 0 saturated heterocycles. The predicted molar refractivity (Wildman–Crippen MR) is 69.0 cm³/mol. The molecule has 0 bridgehead atoms. The maximum atomic E-state index is 4.25. The van der Waals surface area contributed by atoms with Crippen molar-refractivity contribution < 1.29 is 0 Å². The zero-order valence-corrected chi connectivity index (χ0v) is 11.1. The third-order valence-corrected chi connectivity index (χ3v) is 3.41. The largest absolute Gasteiger partial charge is 0.353 e. The highest BCUT2D eigenvalue weighted by Gasteiger charge is 2.08. The SMILES string of the molecule is CN(Cc1cncs1)c1ncncc1I. The summed E-state index contributed by atoms with van der Waals surface area (Å²) in [5.41, 5.74) is 1.84. The lowest BCUT2D eigenvalue weighted by atomic mass is 10.4. The van der Waals surface area contributed by atoms with Crippen molar-refractivity contribution in [3.05, 3.63) is 32.7 Å². The molecule has 2 rings (SSSR count). The maximum Gasteiger partial charge on any atom is 0.145 e. The van der Waals surface area contributed by atoms with Crippen molar-refractivity contribution in [1.82, 2.24) is 15.0 Å². The van der Waals surface area contributed by atoms with Crippen molar-refractivity contribution in [2.45, 2.75) is 6.54 Å². The molecule has 0 radical (unpaired) electrons. The van der Waals surface area contributed by atoms with Crippen molar-refractivity contribution >= 4 is 39.7 Å². The Balaban J connectivity index is 2.15. The number of rotatable bonds is 3. The zero-order valence-electron chi connectivity index (χ0n) is 8.09. The Morgan fingerprint density at radius 3 is 2.93 bits per heavy atom. The van der Waals surface area contributed by atoms with Crippen molar-refractivity contribution in [1.29, 1.82) is 0 Å². The second-order valence-corrected chi connectivity index (χ2v) is 5.15. The number of nitrogens with zero attached hydrogens (tertiary/aromatic N) is 4. The fourth-order valence-electron chi connectivity index (χ4n) is 1.22. The van der Waals surface area contributed by atoms with Crippen LogP contribution in [0.15, 0.2) is 24.2 Å². The number of aromatic nitrogens is 3. The van der Waals surface area contributed by atoms with Gasteiger partial charge >= 0.3 is 0 Å². The van der Waals surface area contributed by atoms with E-state index in [0.29, 0.717) is 0 Å². The first kappa shape index (κ1) is 10.7. The van der Waals surface area contributed by atoms with E-state index in [1.807, 2.05) is 25.0 Å². The molecule has 0 aliphatic carbocycles. The van der Waals surface area contributed by atoms with E-state index in [0.717, 1.165) is 15.9 Å². The van der Waals surface area contributed by atoms with Gasteiger partial charge in [0, 0.05) is 24.3 Å². The van der Waals surface area contributed by atoms with Crippen LogP contribution in [0, 0.1) is 3.57 Å². The Labute approximate surface area is 106 Å². The van der Waals surface area contributed by atoms with Crippen LogP contribution in [0.4, 0.5) is 5.82 Å². The summed E-state index contributed by atoms with van der Waals surface area (Å²) < 4.78 is 1.06. The van der Waals surface area contributed by atoms with Gasteiger partial charge in [0.1, 0.15) is 12.1 Å². The highest BCUT2D eigenvalue weighted by Crippen LogP contribution is 2.19. The molecule has 78 valence electrons. The summed E-state index contributed by atoms with van der Waals surface area (Å²) in [7, 11) is 2.02. The van der Waals surface area contributed by atoms with Gasteiger partial charge in [-0.15, -0.1) is 11.3 Å². The van der Waals surface area contributed by atoms with E-state index in [4.69, 9.17) is 0 Å². The van der Waals surface area contributed by atoms with Crippen LogP contribution in [0.3, 0.4) is 0 Å². The Morgan fingerprint density at radius 1 is 1.40 bits per heavy atom. The van der Waals surface area contributed by atoms with E-state index in [-0.39, 0.29) is 0 Å². The average molecular weight is 332 g/mol. The number of hydrogen-bond donors (Lipinski definition) is 0. The molecule has 2 heterocycles. The molecule has 15 heavy (non-hydrogen) atoms. The maximum absolute atomic E-state index is 4.25. The van der Waals surface area contributed by atoms with Crippen LogP contribution in [0.25, 0.3) is 0 Å². The topological polar surface area (TPSA) is 41.9 Å². The molecule has 0 spiro atoms. The quantitative estimate of drug-likeness (QED) is 0.808. The highest BCUT2D eigenvalue weighted by atomic mass is 127. The summed E-state index contributed by atoms with van der Waals surface area (Å²) in [6.07, 6.45) is 5.27. The van der Waals surface area contributed by atoms with Gasteiger partial charge in [-0.2, -0.15) is 0 Å². The molecular formula is C9H9IN4S. The number of halogens is 1. The summed E-state index contributed by atoms with van der Waals surface area (Å²) in [4.78, 5) is 15.6. The minimum atomic E-state index is 0.831. The molecule has 0 aliphatic heterocycles. The fraction of sp³-hybridized carbons (Fsp3) is 0.222.